The van der Waals surface area contributed by atoms with Gasteiger partial charge in [0.15, 0.2) is 0 Å². The van der Waals surface area contributed by atoms with E-state index in [1.165, 1.54) is 0 Å². The maximum absolute atomic E-state index is 5.00. The minimum atomic E-state index is -2.13. The standard InChI is InChI=1S/6ClH.Ni.6H2O.Sn/h6*1H;;6*1H2;/q;;;;;;+3;;;;;;;+3/p-6. The molecule has 0 aliphatic heterocycles. The molecule has 0 aliphatic rings. The second kappa shape index (κ2) is 44.7. The van der Waals surface area contributed by atoms with Crippen molar-refractivity contribution in [3.05, 3.63) is 0 Å². The first-order valence-corrected chi connectivity index (χ1v) is 15.8. The van der Waals surface area contributed by atoms with Crippen LogP contribution in [0.1, 0.15) is 0 Å². The number of rotatable bonds is 0. The second-order valence-corrected chi connectivity index (χ2v) is 18.0. The molecule has 0 fully saturated rings. The van der Waals surface area contributed by atoms with Crippen molar-refractivity contribution in [1.29, 1.82) is 0 Å². The molecule has 0 aliphatic carbocycles. The molecule has 0 saturated carbocycles. The van der Waals surface area contributed by atoms with Crippen LogP contribution in [0, 0.1) is 0 Å². The third-order valence-corrected chi connectivity index (χ3v) is 0. The van der Waals surface area contributed by atoms with Crippen molar-refractivity contribution in [1.82, 2.24) is 0 Å². The molecular formula is H12Cl6NiO6Sn. The second-order valence-electron chi connectivity index (χ2n) is 0.350. The van der Waals surface area contributed by atoms with Gasteiger partial charge >= 0.3 is 84.5 Å². The Kier molecular flexibility index (Phi) is 173. The Balaban J connectivity index is -0.00000000600. The molecule has 0 saturated heterocycles. The van der Waals surface area contributed by atoms with Gasteiger partial charge < -0.3 is 32.9 Å². The zero-order valence-corrected chi connectivity index (χ0v) is 14.5. The Bertz CT molecular complexity index is 37.8. The van der Waals surface area contributed by atoms with Gasteiger partial charge in [0.25, 0.3) is 0 Å². The first-order chi connectivity index (χ1) is 3.46. The van der Waals surface area contributed by atoms with E-state index >= 15 is 0 Å². The molecule has 0 atom stereocenters. The fraction of sp³-hybridized carbons (Fsp3) is 0. The van der Waals surface area contributed by atoms with E-state index in [2.05, 4.69) is 0 Å². The van der Waals surface area contributed by atoms with Crippen molar-refractivity contribution in [3.63, 3.8) is 0 Å². The number of hydrogen-bond donors (Lipinski definition) is 0. The van der Waals surface area contributed by atoms with Crippen molar-refractivity contribution in [2.45, 2.75) is 0 Å². The topological polar surface area (TPSA) is 189 Å². The molecule has 0 rings (SSSR count). The van der Waals surface area contributed by atoms with E-state index in [9.17, 15) is 0 Å². The normalized spacial score (nSPS) is 5.79. The first-order valence-electron chi connectivity index (χ1n) is 0.926. The van der Waals surface area contributed by atoms with E-state index in [1.807, 2.05) is 0 Å². The molecule has 0 aromatic carbocycles. The summed E-state index contributed by atoms with van der Waals surface area (Å²) in [6.45, 7) is 0. The molecule has 104 valence electrons. The molecule has 12 N–H and O–H groups in total. The van der Waals surface area contributed by atoms with Crippen molar-refractivity contribution in [2.24, 2.45) is 0 Å². The van der Waals surface area contributed by atoms with E-state index in [0.29, 0.717) is 0 Å². The van der Waals surface area contributed by atoms with Crippen LogP contribution in [0.5, 0.6) is 0 Å². The summed E-state index contributed by atoms with van der Waals surface area (Å²) in [5, 5.41) is 0. The molecular weight excluding hydrogens is 486 g/mol. The van der Waals surface area contributed by atoms with Gasteiger partial charge in [0.05, 0.1) is 0 Å². The molecule has 0 spiro atoms. The van der Waals surface area contributed by atoms with Crippen LogP contribution in [0.25, 0.3) is 0 Å². The monoisotopic (exact) mass is 496 g/mol. The predicted octanol–water partition coefficient (Wildman–Crippen LogP) is -1.19. The van der Waals surface area contributed by atoms with Gasteiger partial charge in [0.2, 0.25) is 0 Å². The zero-order chi connectivity index (χ0) is 7.15. The summed E-state index contributed by atoms with van der Waals surface area (Å²) in [5.41, 5.74) is 0. The summed E-state index contributed by atoms with van der Waals surface area (Å²) < 4.78 is 0. The summed E-state index contributed by atoms with van der Waals surface area (Å²) in [7, 11) is 28.5. The summed E-state index contributed by atoms with van der Waals surface area (Å²) in [6, 6.07) is 0. The van der Waals surface area contributed by atoms with Gasteiger partial charge in [-0.1, -0.05) is 0 Å². The Hall–Kier alpha value is 2.79. The molecule has 0 aromatic heterocycles. The SMILES string of the molecule is O.O.O.O.O.O.[Cl][Ni]([Cl])[Cl].[Cl][Sn]([Cl])[Cl]. The van der Waals surface area contributed by atoms with Crippen LogP contribution in [-0.2, 0) is 10.7 Å². The van der Waals surface area contributed by atoms with E-state index < -0.39 is 27.1 Å². The Morgan fingerprint density at radius 3 is 0.571 bits per heavy atom. The first kappa shape index (κ1) is 54.2. The van der Waals surface area contributed by atoms with Crippen LogP contribution in [0.4, 0.5) is 0 Å². The molecule has 6 nitrogen and oxygen atoms in total. The van der Waals surface area contributed by atoms with Crippen molar-refractivity contribution in [3.8, 4) is 0 Å². The molecule has 0 bridgehead atoms. The van der Waals surface area contributed by atoms with Gasteiger partial charge in [0, 0.05) is 0 Å². The van der Waals surface area contributed by atoms with Crippen LogP contribution in [-0.4, -0.2) is 49.2 Å². The molecule has 0 amide bonds. The Labute approximate surface area is 116 Å². The van der Waals surface area contributed by atoms with Gasteiger partial charge in [-0.2, -0.15) is 0 Å². The van der Waals surface area contributed by atoms with Crippen LogP contribution in [0.15, 0.2) is 0 Å². The van der Waals surface area contributed by atoms with Crippen molar-refractivity contribution >= 4 is 73.7 Å². The van der Waals surface area contributed by atoms with Crippen LogP contribution in [0.2, 0.25) is 0 Å². The third-order valence-electron chi connectivity index (χ3n) is 0. The molecule has 0 heterocycles. The summed E-state index contributed by atoms with van der Waals surface area (Å²) in [5.74, 6) is 0. The number of halogens is 6. The average Bonchev–Trinajstić information content (AvgIpc) is 1.25. The van der Waals surface area contributed by atoms with E-state index in [1.54, 1.807) is 0 Å². The minimum absolute atomic E-state index is 0. The fourth-order valence-electron chi connectivity index (χ4n) is 0. The van der Waals surface area contributed by atoms with Crippen LogP contribution >= 0.6 is 57.3 Å². The van der Waals surface area contributed by atoms with Gasteiger partial charge in [-0.05, 0) is 0 Å². The Morgan fingerprint density at radius 2 is 0.571 bits per heavy atom. The molecule has 14 heteroatoms. The van der Waals surface area contributed by atoms with E-state index in [-0.39, 0.29) is 32.9 Å². The summed E-state index contributed by atoms with van der Waals surface area (Å²) >= 11 is -2.13. The molecule has 0 unspecified atom stereocenters. The Morgan fingerprint density at radius 1 is 0.571 bits per heavy atom. The molecule has 0 aromatic rings. The van der Waals surface area contributed by atoms with Gasteiger partial charge in [0.1, 0.15) is 0 Å². The zero-order valence-electron chi connectivity index (χ0n) is 6.08. The van der Waals surface area contributed by atoms with Gasteiger partial charge in [-0.3, -0.25) is 0 Å². The average molecular weight is 498 g/mol. The number of hydrogen-bond acceptors (Lipinski definition) is 0. The predicted molar refractivity (Wildman–Crippen MR) is 62.6 cm³/mol. The van der Waals surface area contributed by atoms with Gasteiger partial charge in [-0.25, -0.2) is 0 Å². The van der Waals surface area contributed by atoms with Crippen molar-refractivity contribution < 1.29 is 43.6 Å². The molecule has 1 radical (unpaired) electrons. The fourth-order valence-corrected chi connectivity index (χ4v) is 0. The van der Waals surface area contributed by atoms with Crippen molar-refractivity contribution in [2.75, 3.05) is 0 Å². The van der Waals surface area contributed by atoms with Crippen LogP contribution < -0.4 is 0 Å². The van der Waals surface area contributed by atoms with E-state index in [4.69, 9.17) is 57.3 Å². The third kappa shape index (κ3) is 361. The summed E-state index contributed by atoms with van der Waals surface area (Å²) in [4.78, 5) is 0. The molecule has 14 heavy (non-hydrogen) atoms. The summed E-state index contributed by atoms with van der Waals surface area (Å²) in [6.07, 6.45) is 0. The van der Waals surface area contributed by atoms with Crippen LogP contribution in [0.3, 0.4) is 0 Å². The van der Waals surface area contributed by atoms with Gasteiger partial charge in [-0.15, -0.1) is 0 Å². The maximum atomic E-state index is 5.00. The van der Waals surface area contributed by atoms with E-state index in [0.717, 1.165) is 0 Å². The quantitative estimate of drug-likeness (QED) is 0.364.